The summed E-state index contributed by atoms with van der Waals surface area (Å²) in [5.41, 5.74) is 2.92. The standard InChI is InChI=1S/C20H23ClFN7O2S/c1-11-7-17(16(22)9-14(11)13-3-5-29(6-4-13)32(30)31)24-20-23-10-15(21)19(26-20)25-18-8-12(2)27-28-18/h7-10,13H,3-6H2,1-2H3,(H,30,31)(H3,23,24,25,26,27,28)/p-1. The van der Waals surface area contributed by atoms with Crippen molar-refractivity contribution >= 4 is 46.1 Å². The van der Waals surface area contributed by atoms with Crippen LogP contribution in [0.25, 0.3) is 0 Å². The number of nitrogens with zero attached hydrogens (tertiary/aromatic N) is 4. The van der Waals surface area contributed by atoms with Crippen LogP contribution in [0.3, 0.4) is 0 Å². The highest BCUT2D eigenvalue weighted by Crippen LogP contribution is 2.34. The zero-order valence-electron chi connectivity index (χ0n) is 17.5. The van der Waals surface area contributed by atoms with Gasteiger partial charge in [0.1, 0.15) is 10.8 Å². The first-order chi connectivity index (χ1) is 15.3. The van der Waals surface area contributed by atoms with Crippen LogP contribution in [0, 0.1) is 19.7 Å². The molecule has 3 N–H and O–H groups in total. The molecular weight excluding hydrogens is 457 g/mol. The Labute approximate surface area is 192 Å². The Morgan fingerprint density at radius 2 is 2.00 bits per heavy atom. The Hall–Kier alpha value is -2.60. The lowest BCUT2D eigenvalue weighted by Gasteiger charge is -2.33. The smallest absolute Gasteiger partial charge is 0.229 e. The minimum absolute atomic E-state index is 0.109. The molecule has 3 heterocycles. The van der Waals surface area contributed by atoms with Gasteiger partial charge >= 0.3 is 0 Å². The van der Waals surface area contributed by atoms with Gasteiger partial charge in [0.2, 0.25) is 5.95 Å². The summed E-state index contributed by atoms with van der Waals surface area (Å²) < 4.78 is 38.5. The zero-order valence-corrected chi connectivity index (χ0v) is 19.1. The molecule has 9 nitrogen and oxygen atoms in total. The van der Waals surface area contributed by atoms with E-state index in [1.165, 1.54) is 16.6 Å². The van der Waals surface area contributed by atoms with Crippen molar-refractivity contribution in [2.45, 2.75) is 32.6 Å². The summed E-state index contributed by atoms with van der Waals surface area (Å²) in [6, 6.07) is 5.02. The van der Waals surface area contributed by atoms with Crippen LogP contribution >= 0.6 is 11.6 Å². The molecule has 1 aliphatic rings. The van der Waals surface area contributed by atoms with Gasteiger partial charge in [0.05, 0.1) is 11.9 Å². The van der Waals surface area contributed by atoms with Crippen LogP contribution in [0.5, 0.6) is 0 Å². The van der Waals surface area contributed by atoms with Gasteiger partial charge < -0.3 is 15.2 Å². The Bertz CT molecular complexity index is 1150. The summed E-state index contributed by atoms with van der Waals surface area (Å²) in [4.78, 5) is 8.47. The quantitative estimate of drug-likeness (QED) is 0.456. The minimum Gasteiger partial charge on any atom is -0.760 e. The molecule has 1 aliphatic heterocycles. The Morgan fingerprint density at radius 3 is 2.66 bits per heavy atom. The molecule has 170 valence electrons. The number of aromatic amines is 1. The molecule has 0 aliphatic carbocycles. The molecule has 32 heavy (non-hydrogen) atoms. The van der Waals surface area contributed by atoms with Crippen molar-refractivity contribution in [1.29, 1.82) is 0 Å². The number of halogens is 2. The summed E-state index contributed by atoms with van der Waals surface area (Å²) in [7, 11) is 0. The fourth-order valence-electron chi connectivity index (χ4n) is 3.79. The van der Waals surface area contributed by atoms with Gasteiger partial charge in [-0.1, -0.05) is 11.6 Å². The van der Waals surface area contributed by atoms with E-state index in [-0.39, 0.29) is 17.6 Å². The largest absolute Gasteiger partial charge is 0.760 e. The molecule has 1 saturated heterocycles. The summed E-state index contributed by atoms with van der Waals surface area (Å²) >= 11 is 3.97. The van der Waals surface area contributed by atoms with Crippen molar-refractivity contribution in [2.24, 2.45) is 0 Å². The molecule has 3 aromatic rings. The second-order valence-electron chi connectivity index (χ2n) is 7.69. The van der Waals surface area contributed by atoms with Gasteiger partial charge in [-0.15, -0.1) is 0 Å². The number of benzene rings is 1. The summed E-state index contributed by atoms with van der Waals surface area (Å²) in [5.74, 6) is 0.746. The van der Waals surface area contributed by atoms with Crippen molar-refractivity contribution in [3.63, 3.8) is 0 Å². The molecule has 4 rings (SSSR count). The van der Waals surface area contributed by atoms with Gasteiger partial charge in [-0.25, -0.2) is 13.7 Å². The van der Waals surface area contributed by atoms with E-state index in [2.05, 4.69) is 30.8 Å². The van der Waals surface area contributed by atoms with Crippen LogP contribution < -0.4 is 10.6 Å². The fraction of sp³-hybridized carbons (Fsp3) is 0.350. The van der Waals surface area contributed by atoms with E-state index in [0.717, 1.165) is 16.8 Å². The third-order valence-corrected chi connectivity index (χ3v) is 6.47. The summed E-state index contributed by atoms with van der Waals surface area (Å²) in [5, 5.41) is 13.1. The maximum atomic E-state index is 14.9. The lowest BCUT2D eigenvalue weighted by Crippen LogP contribution is -2.34. The van der Waals surface area contributed by atoms with Crippen molar-refractivity contribution < 1.29 is 13.2 Å². The number of nitrogens with one attached hydrogen (secondary N) is 3. The average molecular weight is 479 g/mol. The first-order valence-electron chi connectivity index (χ1n) is 10.0. The SMILES string of the molecule is Cc1cc(Nc2nc(Nc3cc(C)c(C4CCN(S(=O)[O-])CC4)cc3F)ncc2Cl)n[nH]1. The molecule has 0 saturated carbocycles. The van der Waals surface area contributed by atoms with Crippen molar-refractivity contribution in [1.82, 2.24) is 24.5 Å². The number of rotatable bonds is 6. The molecule has 2 aromatic heterocycles. The number of anilines is 4. The molecule has 1 atom stereocenters. The van der Waals surface area contributed by atoms with Crippen LogP contribution in [0.1, 0.15) is 35.6 Å². The number of hydrogen-bond acceptors (Lipinski definition) is 7. The second kappa shape index (κ2) is 9.49. The van der Waals surface area contributed by atoms with E-state index in [9.17, 15) is 13.2 Å². The molecule has 0 bridgehead atoms. The van der Waals surface area contributed by atoms with Crippen molar-refractivity contribution in [2.75, 3.05) is 23.7 Å². The van der Waals surface area contributed by atoms with Crippen LogP contribution in [0.4, 0.5) is 27.7 Å². The van der Waals surface area contributed by atoms with E-state index in [1.807, 2.05) is 13.8 Å². The van der Waals surface area contributed by atoms with E-state index in [4.69, 9.17) is 11.6 Å². The van der Waals surface area contributed by atoms with E-state index in [1.54, 1.807) is 12.1 Å². The molecule has 0 radical (unpaired) electrons. The van der Waals surface area contributed by atoms with Crippen LogP contribution in [0.2, 0.25) is 5.02 Å². The lowest BCUT2D eigenvalue weighted by atomic mass is 9.87. The molecule has 0 spiro atoms. The van der Waals surface area contributed by atoms with Crippen LogP contribution in [-0.4, -0.2) is 46.3 Å². The maximum Gasteiger partial charge on any atom is 0.229 e. The van der Waals surface area contributed by atoms with Gasteiger partial charge in [-0.3, -0.25) is 9.31 Å². The van der Waals surface area contributed by atoms with E-state index >= 15 is 0 Å². The van der Waals surface area contributed by atoms with Gasteiger partial charge in [-0.05, 0) is 55.9 Å². The number of piperidine rings is 1. The number of aryl methyl sites for hydroxylation is 2. The highest BCUT2D eigenvalue weighted by atomic mass is 35.5. The fourth-order valence-corrected chi connectivity index (χ4v) is 4.43. The number of H-pyrrole nitrogens is 1. The molecule has 1 fully saturated rings. The molecule has 12 heteroatoms. The normalized spacial score (nSPS) is 16.2. The van der Waals surface area contributed by atoms with Gasteiger partial charge in [0.15, 0.2) is 11.6 Å². The minimum atomic E-state index is -2.21. The predicted octanol–water partition coefficient (Wildman–Crippen LogP) is 4.07. The highest BCUT2D eigenvalue weighted by Gasteiger charge is 2.23. The molecule has 1 aromatic carbocycles. The van der Waals surface area contributed by atoms with E-state index in [0.29, 0.717) is 42.6 Å². The Morgan fingerprint density at radius 1 is 1.25 bits per heavy atom. The Kier molecular flexibility index (Phi) is 6.70. The predicted molar refractivity (Wildman–Crippen MR) is 121 cm³/mol. The molecule has 0 amide bonds. The third kappa shape index (κ3) is 5.07. The van der Waals surface area contributed by atoms with Crippen molar-refractivity contribution in [3.05, 3.63) is 52.1 Å². The number of aromatic nitrogens is 4. The van der Waals surface area contributed by atoms with E-state index < -0.39 is 17.1 Å². The topological polar surface area (TPSA) is 122 Å². The number of hydrogen-bond donors (Lipinski definition) is 3. The Balaban J connectivity index is 1.51. The van der Waals surface area contributed by atoms with Gasteiger partial charge in [0.25, 0.3) is 0 Å². The van der Waals surface area contributed by atoms with Gasteiger partial charge in [-0.2, -0.15) is 10.1 Å². The molecule has 1 unspecified atom stereocenters. The van der Waals surface area contributed by atoms with Crippen molar-refractivity contribution in [3.8, 4) is 0 Å². The summed E-state index contributed by atoms with van der Waals surface area (Å²) in [6.07, 6.45) is 2.73. The molecular formula is C20H22ClFN7O2S-. The highest BCUT2D eigenvalue weighted by molar-refractivity contribution is 7.76. The zero-order chi connectivity index (χ0) is 22.8. The summed E-state index contributed by atoms with van der Waals surface area (Å²) in [6.45, 7) is 4.65. The van der Waals surface area contributed by atoms with Crippen LogP contribution in [-0.2, 0) is 11.3 Å². The third-order valence-electron chi connectivity index (χ3n) is 5.40. The average Bonchev–Trinajstić information content (AvgIpc) is 3.17. The monoisotopic (exact) mass is 478 g/mol. The van der Waals surface area contributed by atoms with Crippen LogP contribution in [0.15, 0.2) is 24.4 Å². The van der Waals surface area contributed by atoms with Gasteiger partial charge in [0, 0.05) is 36.1 Å². The maximum absolute atomic E-state index is 14.9. The first kappa shape index (κ1) is 22.6. The lowest BCUT2D eigenvalue weighted by molar-refractivity contribution is 0.309. The first-order valence-corrected chi connectivity index (χ1v) is 11.4. The second-order valence-corrected chi connectivity index (χ2v) is 9.04.